The van der Waals surface area contributed by atoms with Crippen molar-refractivity contribution in [3.63, 3.8) is 0 Å². The summed E-state index contributed by atoms with van der Waals surface area (Å²) < 4.78 is 18.8. The van der Waals surface area contributed by atoms with Crippen LogP contribution in [0.4, 0.5) is 4.39 Å². The summed E-state index contributed by atoms with van der Waals surface area (Å²) in [5.41, 5.74) is 6.02. The van der Waals surface area contributed by atoms with E-state index in [4.69, 9.17) is 22.1 Å². The SMILES string of the molecule is COc1ccc(C2(N)CCC2)c(F)c1Cl. The monoisotopic (exact) mass is 229 g/mol. The Morgan fingerprint density at radius 2 is 2.13 bits per heavy atom. The lowest BCUT2D eigenvalue weighted by atomic mass is 9.72. The summed E-state index contributed by atoms with van der Waals surface area (Å²) in [5, 5.41) is 0.0201. The van der Waals surface area contributed by atoms with E-state index in [2.05, 4.69) is 0 Å². The molecule has 15 heavy (non-hydrogen) atoms. The number of rotatable bonds is 2. The van der Waals surface area contributed by atoms with E-state index in [1.807, 2.05) is 0 Å². The first kappa shape index (κ1) is 10.7. The molecule has 1 fully saturated rings. The molecule has 0 bridgehead atoms. The van der Waals surface area contributed by atoms with Crippen molar-refractivity contribution in [2.45, 2.75) is 24.8 Å². The highest BCUT2D eigenvalue weighted by Crippen LogP contribution is 2.42. The van der Waals surface area contributed by atoms with E-state index in [9.17, 15) is 4.39 Å². The summed E-state index contributed by atoms with van der Waals surface area (Å²) >= 11 is 5.83. The summed E-state index contributed by atoms with van der Waals surface area (Å²) in [4.78, 5) is 0. The molecule has 1 aliphatic rings. The Balaban J connectivity index is 2.46. The first-order valence-electron chi connectivity index (χ1n) is 4.90. The van der Waals surface area contributed by atoms with Crippen molar-refractivity contribution < 1.29 is 9.13 Å². The molecule has 1 aromatic carbocycles. The van der Waals surface area contributed by atoms with Crippen LogP contribution in [0, 0.1) is 5.82 Å². The third kappa shape index (κ3) is 1.60. The van der Waals surface area contributed by atoms with E-state index >= 15 is 0 Å². The molecule has 0 heterocycles. The molecule has 0 atom stereocenters. The highest BCUT2D eigenvalue weighted by atomic mass is 35.5. The second-order valence-corrected chi connectivity index (χ2v) is 4.33. The fraction of sp³-hybridized carbons (Fsp3) is 0.455. The standard InChI is InChI=1S/C11H13ClFNO/c1-15-8-4-3-7(10(13)9(8)12)11(14)5-2-6-11/h3-4H,2,5-6,14H2,1H3. The average Bonchev–Trinajstić information content (AvgIpc) is 2.19. The van der Waals surface area contributed by atoms with Crippen LogP contribution in [0.2, 0.25) is 5.02 Å². The maximum absolute atomic E-state index is 13.9. The molecule has 0 aliphatic heterocycles. The van der Waals surface area contributed by atoms with E-state index in [-0.39, 0.29) is 5.02 Å². The van der Waals surface area contributed by atoms with Gasteiger partial charge in [0.25, 0.3) is 0 Å². The van der Waals surface area contributed by atoms with Crippen molar-refractivity contribution in [1.82, 2.24) is 0 Å². The lowest BCUT2D eigenvalue weighted by Gasteiger charge is -2.38. The number of ether oxygens (including phenoxy) is 1. The summed E-state index contributed by atoms with van der Waals surface area (Å²) in [7, 11) is 1.46. The van der Waals surface area contributed by atoms with Crippen LogP contribution in [-0.4, -0.2) is 7.11 Å². The highest BCUT2D eigenvalue weighted by Gasteiger charge is 2.37. The molecule has 0 amide bonds. The van der Waals surface area contributed by atoms with Crippen molar-refractivity contribution in [1.29, 1.82) is 0 Å². The molecule has 0 aromatic heterocycles. The van der Waals surface area contributed by atoms with Gasteiger partial charge < -0.3 is 10.5 Å². The van der Waals surface area contributed by atoms with Crippen LogP contribution in [0.15, 0.2) is 12.1 Å². The molecule has 2 nitrogen and oxygen atoms in total. The minimum absolute atomic E-state index is 0.0201. The normalized spacial score (nSPS) is 18.4. The second kappa shape index (κ2) is 3.65. The fourth-order valence-electron chi connectivity index (χ4n) is 1.90. The molecular weight excluding hydrogens is 217 g/mol. The van der Waals surface area contributed by atoms with Crippen LogP contribution in [0.5, 0.6) is 5.75 Å². The predicted octanol–water partition coefficient (Wildman–Crippen LogP) is 2.83. The number of nitrogens with two attached hydrogens (primary N) is 1. The van der Waals surface area contributed by atoms with Crippen LogP contribution in [-0.2, 0) is 5.54 Å². The number of hydrogen-bond donors (Lipinski definition) is 1. The maximum Gasteiger partial charge on any atom is 0.150 e. The lowest BCUT2D eigenvalue weighted by Crippen LogP contribution is -2.44. The third-order valence-corrected chi connectivity index (χ3v) is 3.40. The molecule has 82 valence electrons. The molecule has 0 radical (unpaired) electrons. The van der Waals surface area contributed by atoms with E-state index in [0.717, 1.165) is 19.3 Å². The molecule has 4 heteroatoms. The van der Waals surface area contributed by atoms with Gasteiger partial charge in [-0.3, -0.25) is 0 Å². The van der Waals surface area contributed by atoms with E-state index in [1.165, 1.54) is 7.11 Å². The minimum Gasteiger partial charge on any atom is -0.495 e. The van der Waals surface area contributed by atoms with Gasteiger partial charge in [0.05, 0.1) is 7.11 Å². The number of benzene rings is 1. The van der Waals surface area contributed by atoms with Gasteiger partial charge in [0.15, 0.2) is 5.82 Å². The van der Waals surface area contributed by atoms with Crippen LogP contribution in [0.25, 0.3) is 0 Å². The van der Waals surface area contributed by atoms with Crippen molar-refractivity contribution in [2.75, 3.05) is 7.11 Å². The highest BCUT2D eigenvalue weighted by molar-refractivity contribution is 6.32. The van der Waals surface area contributed by atoms with E-state index in [1.54, 1.807) is 12.1 Å². The molecule has 1 aliphatic carbocycles. The summed E-state index contributed by atoms with van der Waals surface area (Å²) in [5.74, 6) is -0.0981. The Morgan fingerprint density at radius 1 is 1.47 bits per heavy atom. The largest absolute Gasteiger partial charge is 0.495 e. The van der Waals surface area contributed by atoms with Crippen molar-refractivity contribution in [2.24, 2.45) is 5.73 Å². The molecule has 0 saturated heterocycles. The summed E-state index contributed by atoms with van der Waals surface area (Å²) in [6.45, 7) is 0. The molecule has 2 rings (SSSR count). The molecule has 1 aromatic rings. The first-order valence-corrected chi connectivity index (χ1v) is 5.27. The van der Waals surface area contributed by atoms with Gasteiger partial charge in [-0.05, 0) is 25.3 Å². The number of methoxy groups -OCH3 is 1. The Hall–Kier alpha value is -0.800. The molecule has 2 N–H and O–H groups in total. The van der Waals surface area contributed by atoms with Crippen LogP contribution in [0.1, 0.15) is 24.8 Å². The fourth-order valence-corrected chi connectivity index (χ4v) is 2.14. The smallest absolute Gasteiger partial charge is 0.150 e. The van der Waals surface area contributed by atoms with Crippen LogP contribution in [0.3, 0.4) is 0 Å². The van der Waals surface area contributed by atoms with Crippen molar-refractivity contribution in [3.8, 4) is 5.75 Å². The topological polar surface area (TPSA) is 35.2 Å². The quantitative estimate of drug-likeness (QED) is 0.847. The van der Waals surface area contributed by atoms with E-state index in [0.29, 0.717) is 11.3 Å². The Morgan fingerprint density at radius 3 is 2.60 bits per heavy atom. The van der Waals surface area contributed by atoms with Gasteiger partial charge >= 0.3 is 0 Å². The maximum atomic E-state index is 13.9. The minimum atomic E-state index is -0.528. The van der Waals surface area contributed by atoms with Crippen molar-refractivity contribution in [3.05, 3.63) is 28.5 Å². The zero-order valence-corrected chi connectivity index (χ0v) is 9.27. The summed E-state index contributed by atoms with van der Waals surface area (Å²) in [6.07, 6.45) is 2.67. The van der Waals surface area contributed by atoms with E-state index < -0.39 is 11.4 Å². The number of hydrogen-bond acceptors (Lipinski definition) is 2. The Bertz CT molecular complexity index is 390. The van der Waals surface area contributed by atoms with Gasteiger partial charge in [0.1, 0.15) is 10.8 Å². The molecule has 0 unspecified atom stereocenters. The molecular formula is C11H13ClFNO. The first-order chi connectivity index (χ1) is 7.08. The van der Waals surface area contributed by atoms with Crippen molar-refractivity contribution >= 4 is 11.6 Å². The van der Waals surface area contributed by atoms with Gasteiger partial charge in [0.2, 0.25) is 0 Å². The zero-order chi connectivity index (χ0) is 11.1. The average molecular weight is 230 g/mol. The third-order valence-electron chi connectivity index (χ3n) is 3.05. The van der Waals surface area contributed by atoms with Crippen LogP contribution < -0.4 is 10.5 Å². The zero-order valence-electron chi connectivity index (χ0n) is 8.52. The van der Waals surface area contributed by atoms with Crippen LogP contribution >= 0.6 is 11.6 Å². The van der Waals surface area contributed by atoms with Gasteiger partial charge in [-0.2, -0.15) is 0 Å². The number of halogens is 2. The Kier molecular flexibility index (Phi) is 2.61. The predicted molar refractivity (Wildman–Crippen MR) is 57.7 cm³/mol. The van der Waals surface area contributed by atoms with Gasteiger partial charge in [-0.1, -0.05) is 17.7 Å². The van der Waals surface area contributed by atoms with Gasteiger partial charge in [-0.15, -0.1) is 0 Å². The molecule has 0 spiro atoms. The van der Waals surface area contributed by atoms with Gasteiger partial charge in [-0.25, -0.2) is 4.39 Å². The van der Waals surface area contributed by atoms with Gasteiger partial charge in [0, 0.05) is 11.1 Å². The summed E-state index contributed by atoms with van der Waals surface area (Å²) in [6, 6.07) is 3.33. The second-order valence-electron chi connectivity index (χ2n) is 3.95. The lowest BCUT2D eigenvalue weighted by molar-refractivity contribution is 0.244. The Labute approximate surface area is 93.2 Å². The molecule has 1 saturated carbocycles.